The Morgan fingerprint density at radius 2 is 1.72 bits per heavy atom. The molecule has 0 aliphatic heterocycles. The zero-order valence-corrected chi connectivity index (χ0v) is 16.0. The van der Waals surface area contributed by atoms with Gasteiger partial charge in [-0.15, -0.1) is 0 Å². The van der Waals surface area contributed by atoms with E-state index < -0.39 is 6.03 Å². The maximum Gasteiger partial charge on any atom is 0.321 e. The number of imide groups is 1. The van der Waals surface area contributed by atoms with Crippen molar-refractivity contribution in [3.05, 3.63) is 35.4 Å². The highest BCUT2D eigenvalue weighted by atomic mass is 16.2. The molecule has 0 spiro atoms. The molecule has 25 heavy (non-hydrogen) atoms. The van der Waals surface area contributed by atoms with E-state index in [4.69, 9.17) is 0 Å². The van der Waals surface area contributed by atoms with E-state index >= 15 is 0 Å². The first-order valence-corrected chi connectivity index (χ1v) is 9.11. The minimum absolute atomic E-state index is 0.0614. The zero-order chi connectivity index (χ0) is 18.6. The molecule has 1 saturated carbocycles. The summed E-state index contributed by atoms with van der Waals surface area (Å²) in [5, 5.41) is 8.40. The van der Waals surface area contributed by atoms with Gasteiger partial charge in [0, 0.05) is 12.1 Å². The molecule has 0 aromatic heterocycles. The molecule has 0 bridgehead atoms. The molecule has 1 fully saturated rings. The number of rotatable bonds is 6. The van der Waals surface area contributed by atoms with Crippen molar-refractivity contribution < 1.29 is 9.59 Å². The Hall–Kier alpha value is -1.88. The second-order valence-electron chi connectivity index (χ2n) is 8.27. The first kappa shape index (κ1) is 19.4. The lowest BCUT2D eigenvalue weighted by Crippen LogP contribution is -2.45. The molecule has 0 radical (unpaired) electrons. The van der Waals surface area contributed by atoms with Crippen molar-refractivity contribution in [1.82, 2.24) is 16.0 Å². The Morgan fingerprint density at radius 3 is 2.20 bits per heavy atom. The molecule has 1 aromatic carbocycles. The van der Waals surface area contributed by atoms with Gasteiger partial charge < -0.3 is 10.6 Å². The third kappa shape index (κ3) is 6.16. The van der Waals surface area contributed by atoms with Crippen molar-refractivity contribution in [2.45, 2.75) is 65.0 Å². The molecule has 0 heterocycles. The lowest BCUT2D eigenvalue weighted by Gasteiger charge is -2.25. The van der Waals surface area contributed by atoms with E-state index in [1.807, 2.05) is 0 Å². The van der Waals surface area contributed by atoms with Gasteiger partial charge in [0.2, 0.25) is 5.91 Å². The highest BCUT2D eigenvalue weighted by Crippen LogP contribution is 2.26. The van der Waals surface area contributed by atoms with Crippen LogP contribution in [0.15, 0.2) is 24.3 Å². The highest BCUT2D eigenvalue weighted by molar-refractivity contribution is 5.95. The van der Waals surface area contributed by atoms with Gasteiger partial charge in [0.15, 0.2) is 0 Å². The van der Waals surface area contributed by atoms with E-state index in [0.29, 0.717) is 5.92 Å². The van der Waals surface area contributed by atoms with Crippen LogP contribution in [0.25, 0.3) is 0 Å². The first-order valence-electron chi connectivity index (χ1n) is 9.11. The second kappa shape index (κ2) is 8.00. The summed E-state index contributed by atoms with van der Waals surface area (Å²) in [7, 11) is 0. The zero-order valence-electron chi connectivity index (χ0n) is 16.0. The summed E-state index contributed by atoms with van der Waals surface area (Å²) < 4.78 is 0. The van der Waals surface area contributed by atoms with Crippen LogP contribution in [-0.2, 0) is 10.2 Å². The van der Waals surface area contributed by atoms with Crippen molar-refractivity contribution >= 4 is 11.9 Å². The van der Waals surface area contributed by atoms with Gasteiger partial charge in [-0.2, -0.15) is 0 Å². The van der Waals surface area contributed by atoms with Gasteiger partial charge in [0.1, 0.15) is 0 Å². The fourth-order valence-corrected chi connectivity index (χ4v) is 2.75. The van der Waals surface area contributed by atoms with Crippen LogP contribution < -0.4 is 16.0 Å². The largest absolute Gasteiger partial charge is 0.335 e. The molecular weight excluding hydrogens is 314 g/mol. The highest BCUT2D eigenvalue weighted by Gasteiger charge is 2.24. The SMILES string of the molecule is CC(C)[C@@H](NCC(=O)NC(=O)NC1CC1)c1ccc(C(C)(C)C)cc1. The van der Waals surface area contributed by atoms with Crippen molar-refractivity contribution in [2.24, 2.45) is 5.92 Å². The minimum atomic E-state index is -0.398. The Labute approximate surface area is 151 Å². The average molecular weight is 345 g/mol. The molecule has 1 atom stereocenters. The average Bonchev–Trinajstić information content (AvgIpc) is 3.30. The van der Waals surface area contributed by atoms with Crippen molar-refractivity contribution in [3.63, 3.8) is 0 Å². The number of hydrogen-bond acceptors (Lipinski definition) is 3. The number of hydrogen-bond donors (Lipinski definition) is 3. The number of carbonyl (C=O) groups excluding carboxylic acids is 2. The van der Waals surface area contributed by atoms with Gasteiger partial charge in [-0.3, -0.25) is 10.1 Å². The number of amides is 3. The number of nitrogens with one attached hydrogen (secondary N) is 3. The van der Waals surface area contributed by atoms with Crippen LogP contribution in [0.5, 0.6) is 0 Å². The predicted molar refractivity (Wildman–Crippen MR) is 100 cm³/mol. The van der Waals surface area contributed by atoms with Crippen molar-refractivity contribution in [1.29, 1.82) is 0 Å². The van der Waals surface area contributed by atoms with E-state index in [-0.39, 0.29) is 30.0 Å². The maximum atomic E-state index is 12.0. The van der Waals surface area contributed by atoms with E-state index in [0.717, 1.165) is 18.4 Å². The summed E-state index contributed by atoms with van der Waals surface area (Å²) in [6, 6.07) is 8.44. The summed E-state index contributed by atoms with van der Waals surface area (Å²) >= 11 is 0. The third-order valence-electron chi connectivity index (χ3n) is 4.45. The molecule has 1 aromatic rings. The molecule has 3 N–H and O–H groups in total. The normalized spacial score (nSPS) is 15.8. The molecule has 1 aliphatic carbocycles. The monoisotopic (exact) mass is 345 g/mol. The van der Waals surface area contributed by atoms with E-state index in [9.17, 15) is 9.59 Å². The van der Waals surface area contributed by atoms with E-state index in [2.05, 4.69) is 74.8 Å². The Bertz CT molecular complexity index is 598. The van der Waals surface area contributed by atoms with Crippen LogP contribution >= 0.6 is 0 Å². The fraction of sp³-hybridized carbons (Fsp3) is 0.600. The van der Waals surface area contributed by atoms with E-state index in [1.165, 1.54) is 5.56 Å². The van der Waals surface area contributed by atoms with Gasteiger partial charge in [-0.05, 0) is 35.3 Å². The van der Waals surface area contributed by atoms with Crippen molar-refractivity contribution in [3.8, 4) is 0 Å². The fourth-order valence-electron chi connectivity index (χ4n) is 2.75. The topological polar surface area (TPSA) is 70.2 Å². The molecule has 3 amide bonds. The molecule has 0 saturated heterocycles. The molecule has 138 valence electrons. The third-order valence-corrected chi connectivity index (χ3v) is 4.45. The minimum Gasteiger partial charge on any atom is -0.335 e. The summed E-state index contributed by atoms with van der Waals surface area (Å²) in [5.41, 5.74) is 2.56. The number of urea groups is 1. The molecule has 5 nitrogen and oxygen atoms in total. The molecule has 2 rings (SSSR count). The van der Waals surface area contributed by atoms with Crippen LogP contribution in [0.2, 0.25) is 0 Å². The maximum absolute atomic E-state index is 12.0. The first-order chi connectivity index (χ1) is 11.7. The lowest BCUT2D eigenvalue weighted by molar-refractivity contribution is -0.119. The van der Waals surface area contributed by atoms with Gasteiger partial charge >= 0.3 is 6.03 Å². The van der Waals surface area contributed by atoms with E-state index in [1.54, 1.807) is 0 Å². The second-order valence-corrected chi connectivity index (χ2v) is 8.27. The molecule has 5 heteroatoms. The number of benzene rings is 1. The molecule has 1 aliphatic rings. The van der Waals surface area contributed by atoms with Crippen molar-refractivity contribution in [2.75, 3.05) is 6.54 Å². The smallest absolute Gasteiger partial charge is 0.321 e. The standard InChI is InChI=1S/C20H31N3O2/c1-13(2)18(14-6-8-15(9-7-14)20(3,4)5)21-12-17(24)23-19(25)22-16-10-11-16/h6-9,13,16,18,21H,10-12H2,1-5H3,(H2,22,23,24,25)/t18-/m1/s1. The summed E-state index contributed by atoms with van der Waals surface area (Å²) in [6.45, 7) is 10.9. The lowest BCUT2D eigenvalue weighted by atomic mass is 9.85. The van der Waals surface area contributed by atoms with Gasteiger partial charge in [0.25, 0.3) is 0 Å². The van der Waals surface area contributed by atoms with Crippen LogP contribution in [0.4, 0.5) is 4.79 Å². The van der Waals surface area contributed by atoms with Crippen LogP contribution in [-0.4, -0.2) is 24.5 Å². The predicted octanol–water partition coefficient (Wildman–Crippen LogP) is 3.26. The quantitative estimate of drug-likeness (QED) is 0.741. The Morgan fingerprint density at radius 1 is 1.12 bits per heavy atom. The van der Waals surface area contributed by atoms with Gasteiger partial charge in [-0.25, -0.2) is 4.79 Å². The van der Waals surface area contributed by atoms with Crippen LogP contribution in [0.1, 0.15) is 64.6 Å². The molecular formula is C20H31N3O2. The Balaban J connectivity index is 1.91. The summed E-state index contributed by atoms with van der Waals surface area (Å²) in [6.07, 6.45) is 2.00. The Kier molecular flexibility index (Phi) is 6.22. The van der Waals surface area contributed by atoms with Crippen LogP contribution in [0.3, 0.4) is 0 Å². The number of carbonyl (C=O) groups is 2. The summed E-state index contributed by atoms with van der Waals surface area (Å²) in [4.78, 5) is 23.6. The van der Waals surface area contributed by atoms with Gasteiger partial charge in [0.05, 0.1) is 6.54 Å². The summed E-state index contributed by atoms with van der Waals surface area (Å²) in [5.74, 6) is 0.0173. The molecule has 0 unspecified atom stereocenters. The van der Waals surface area contributed by atoms with Gasteiger partial charge in [-0.1, -0.05) is 58.9 Å². The van der Waals surface area contributed by atoms with Crippen LogP contribution in [0, 0.1) is 5.92 Å².